The molecule has 4 rings (SSSR count). The Kier molecular flexibility index (Phi) is 6.31. The van der Waals surface area contributed by atoms with E-state index < -0.39 is 0 Å². The van der Waals surface area contributed by atoms with Crippen molar-refractivity contribution in [3.63, 3.8) is 0 Å². The molecule has 2 aromatic heterocycles. The predicted molar refractivity (Wildman–Crippen MR) is 120 cm³/mol. The normalized spacial score (nSPS) is 20.0. The largest absolute Gasteiger partial charge is 0.312 e. The summed E-state index contributed by atoms with van der Waals surface area (Å²) >= 11 is 6.11. The number of rotatable bonds is 5. The van der Waals surface area contributed by atoms with Crippen molar-refractivity contribution in [3.05, 3.63) is 59.5 Å². The van der Waals surface area contributed by atoms with E-state index in [0.29, 0.717) is 18.0 Å². The van der Waals surface area contributed by atoms with Crippen LogP contribution in [0.1, 0.15) is 57.6 Å². The average Bonchev–Trinajstić information content (AvgIpc) is 3.03. The van der Waals surface area contributed by atoms with Crippen molar-refractivity contribution in [3.8, 4) is 22.4 Å². The van der Waals surface area contributed by atoms with Gasteiger partial charge in [-0.15, -0.1) is 0 Å². The van der Waals surface area contributed by atoms with Crippen molar-refractivity contribution >= 4 is 11.6 Å². The van der Waals surface area contributed by atoms with Gasteiger partial charge < -0.3 is 5.32 Å². The third-order valence-electron chi connectivity index (χ3n) is 5.83. The maximum Gasteiger partial charge on any atom is 0.100 e. The fourth-order valence-electron chi connectivity index (χ4n) is 4.51. The van der Waals surface area contributed by atoms with Gasteiger partial charge in [-0.05, 0) is 55.5 Å². The number of aromatic nitrogens is 3. The first kappa shape index (κ1) is 20.1. The number of halogens is 1. The van der Waals surface area contributed by atoms with Gasteiger partial charge in [0.05, 0.1) is 0 Å². The van der Waals surface area contributed by atoms with E-state index in [1.54, 1.807) is 0 Å². The zero-order valence-corrected chi connectivity index (χ0v) is 17.9. The third kappa shape index (κ3) is 4.71. The predicted octanol–water partition coefficient (Wildman–Crippen LogP) is 6.21. The Bertz CT molecular complexity index is 918. The minimum absolute atomic E-state index is 0.491. The summed E-state index contributed by atoms with van der Waals surface area (Å²) in [5.74, 6) is 0.491. The molecule has 1 aromatic carbocycles. The maximum absolute atomic E-state index is 6.11. The first-order valence-electron chi connectivity index (χ1n) is 10.6. The Morgan fingerprint density at radius 2 is 1.72 bits per heavy atom. The Balaban J connectivity index is 1.69. The average molecular weight is 409 g/mol. The van der Waals surface area contributed by atoms with E-state index in [4.69, 9.17) is 16.7 Å². The van der Waals surface area contributed by atoms with Crippen LogP contribution in [-0.4, -0.2) is 27.3 Å². The molecule has 5 heteroatoms. The van der Waals surface area contributed by atoms with Gasteiger partial charge in [-0.1, -0.05) is 44.0 Å². The van der Waals surface area contributed by atoms with Gasteiger partial charge in [0.15, 0.2) is 0 Å². The van der Waals surface area contributed by atoms with Crippen LogP contribution in [0.15, 0.2) is 48.8 Å². The van der Waals surface area contributed by atoms with Gasteiger partial charge in [0.25, 0.3) is 0 Å². The number of benzene rings is 1. The maximum atomic E-state index is 6.11. The van der Waals surface area contributed by atoms with E-state index in [2.05, 4.69) is 41.4 Å². The summed E-state index contributed by atoms with van der Waals surface area (Å²) in [6, 6.07) is 13.2. The number of hydrogen-bond acceptors (Lipinski definition) is 3. The summed E-state index contributed by atoms with van der Waals surface area (Å²) < 4.78 is 0. The smallest absolute Gasteiger partial charge is 0.100 e. The van der Waals surface area contributed by atoms with Gasteiger partial charge in [0, 0.05) is 52.2 Å². The second kappa shape index (κ2) is 9.10. The Hall–Kier alpha value is -2.17. The summed E-state index contributed by atoms with van der Waals surface area (Å²) in [6.45, 7) is 4.47. The molecule has 29 heavy (non-hydrogen) atoms. The molecule has 0 spiro atoms. The summed E-state index contributed by atoms with van der Waals surface area (Å²) in [5, 5.41) is 12.6. The van der Waals surface area contributed by atoms with E-state index in [-0.39, 0.29) is 0 Å². The summed E-state index contributed by atoms with van der Waals surface area (Å²) in [5.41, 5.74) is 5.69. The van der Waals surface area contributed by atoms with Crippen LogP contribution in [0.3, 0.4) is 0 Å². The molecule has 4 nitrogen and oxygen atoms in total. The molecule has 0 bridgehead atoms. The number of pyridine rings is 1. The molecule has 0 amide bonds. The van der Waals surface area contributed by atoms with Crippen LogP contribution >= 0.6 is 11.6 Å². The van der Waals surface area contributed by atoms with Gasteiger partial charge in [-0.25, -0.2) is 0 Å². The first-order chi connectivity index (χ1) is 14.1. The van der Waals surface area contributed by atoms with Crippen LogP contribution in [0.2, 0.25) is 5.02 Å². The van der Waals surface area contributed by atoms with Crippen LogP contribution in [0.5, 0.6) is 0 Å². The van der Waals surface area contributed by atoms with E-state index in [1.165, 1.54) is 43.4 Å². The zero-order chi connectivity index (χ0) is 20.2. The Labute approximate surface area is 178 Å². The van der Waals surface area contributed by atoms with Crippen molar-refractivity contribution in [1.82, 2.24) is 20.5 Å². The van der Waals surface area contributed by atoms with Crippen LogP contribution in [-0.2, 0) is 0 Å². The second-order valence-electron chi connectivity index (χ2n) is 8.33. The number of aromatic amines is 1. The third-order valence-corrected chi connectivity index (χ3v) is 6.08. The van der Waals surface area contributed by atoms with Gasteiger partial charge in [0.2, 0.25) is 0 Å². The lowest BCUT2D eigenvalue weighted by Gasteiger charge is -2.19. The molecular weight excluding hydrogens is 380 g/mol. The molecule has 1 aliphatic carbocycles. The molecule has 152 valence electrons. The molecule has 2 unspecified atom stereocenters. The topological polar surface area (TPSA) is 53.6 Å². The van der Waals surface area contributed by atoms with Gasteiger partial charge in [-0.2, -0.15) is 5.10 Å². The molecule has 0 aliphatic heterocycles. The minimum atomic E-state index is 0.491. The lowest BCUT2D eigenvalue weighted by atomic mass is 9.89. The molecule has 0 saturated heterocycles. The molecule has 3 aromatic rings. The van der Waals surface area contributed by atoms with Gasteiger partial charge >= 0.3 is 0 Å². The van der Waals surface area contributed by atoms with E-state index >= 15 is 0 Å². The van der Waals surface area contributed by atoms with Crippen LogP contribution in [0.25, 0.3) is 22.4 Å². The van der Waals surface area contributed by atoms with E-state index in [0.717, 1.165) is 21.8 Å². The lowest BCUT2D eigenvalue weighted by Crippen LogP contribution is -2.34. The standard InChI is InChI=1S/C24H29ClN4/c1-16(2)27-21-5-3-4-18(8-11-21)23-22(17-12-14-26-15-13-17)24(29-28-23)19-6-9-20(25)10-7-19/h6-7,9-10,12-16,18,21,27H,3-5,8,11H2,1-2H3,(H,28,29). The van der Waals surface area contributed by atoms with Gasteiger partial charge in [-0.3, -0.25) is 10.1 Å². The number of H-pyrrole nitrogens is 1. The number of nitrogens with one attached hydrogen (secondary N) is 2. The minimum Gasteiger partial charge on any atom is -0.312 e. The van der Waals surface area contributed by atoms with Crippen molar-refractivity contribution in [2.45, 2.75) is 64.0 Å². The van der Waals surface area contributed by atoms with E-state index in [1.807, 2.05) is 36.7 Å². The van der Waals surface area contributed by atoms with E-state index in [9.17, 15) is 0 Å². The van der Waals surface area contributed by atoms with Crippen molar-refractivity contribution in [2.75, 3.05) is 0 Å². The quantitative estimate of drug-likeness (QED) is 0.493. The first-order valence-corrected chi connectivity index (χ1v) is 11.0. The molecule has 2 N–H and O–H groups in total. The molecule has 1 aliphatic rings. The monoisotopic (exact) mass is 408 g/mol. The van der Waals surface area contributed by atoms with Crippen molar-refractivity contribution in [1.29, 1.82) is 0 Å². The van der Waals surface area contributed by atoms with Crippen LogP contribution < -0.4 is 5.32 Å². The fraction of sp³-hybridized carbons (Fsp3) is 0.417. The highest BCUT2D eigenvalue weighted by atomic mass is 35.5. The fourth-order valence-corrected chi connectivity index (χ4v) is 4.63. The highest BCUT2D eigenvalue weighted by molar-refractivity contribution is 6.30. The molecule has 1 saturated carbocycles. The molecular formula is C24H29ClN4. The Morgan fingerprint density at radius 3 is 2.45 bits per heavy atom. The van der Waals surface area contributed by atoms with Crippen molar-refractivity contribution < 1.29 is 0 Å². The highest BCUT2D eigenvalue weighted by Gasteiger charge is 2.26. The van der Waals surface area contributed by atoms with Crippen molar-refractivity contribution in [2.24, 2.45) is 0 Å². The van der Waals surface area contributed by atoms with Gasteiger partial charge in [0.1, 0.15) is 5.69 Å². The number of hydrogen-bond donors (Lipinski definition) is 2. The molecule has 1 fully saturated rings. The highest BCUT2D eigenvalue weighted by Crippen LogP contribution is 2.41. The summed E-state index contributed by atoms with van der Waals surface area (Å²) in [7, 11) is 0. The van der Waals surface area contributed by atoms with Crippen LogP contribution in [0, 0.1) is 0 Å². The second-order valence-corrected chi connectivity index (χ2v) is 8.76. The molecule has 2 heterocycles. The Morgan fingerprint density at radius 1 is 0.966 bits per heavy atom. The SMILES string of the molecule is CC(C)NC1CCCC(c2[nH]nc(-c3ccc(Cl)cc3)c2-c2ccncc2)CC1. The summed E-state index contributed by atoms with van der Waals surface area (Å²) in [6.07, 6.45) is 9.76. The zero-order valence-electron chi connectivity index (χ0n) is 17.2. The molecule has 0 radical (unpaired) electrons. The summed E-state index contributed by atoms with van der Waals surface area (Å²) in [4.78, 5) is 4.21. The lowest BCUT2D eigenvalue weighted by molar-refractivity contribution is 0.420. The molecule has 2 atom stereocenters. The number of nitrogens with zero attached hydrogens (tertiary/aromatic N) is 2. The van der Waals surface area contributed by atoms with Crippen LogP contribution in [0.4, 0.5) is 0 Å².